The molecule has 0 radical (unpaired) electrons. The summed E-state index contributed by atoms with van der Waals surface area (Å²) in [5, 5.41) is 16.9. The van der Waals surface area contributed by atoms with Gasteiger partial charge in [-0.05, 0) is 29.3 Å². The molecular formula is C23H20N2O2. The summed E-state index contributed by atoms with van der Waals surface area (Å²) in [6.45, 7) is 0. The van der Waals surface area contributed by atoms with Gasteiger partial charge in [0.15, 0.2) is 0 Å². The van der Waals surface area contributed by atoms with E-state index in [9.17, 15) is 5.11 Å². The zero-order chi connectivity index (χ0) is 18.4. The van der Waals surface area contributed by atoms with Gasteiger partial charge in [0, 0.05) is 12.6 Å². The largest absolute Gasteiger partial charge is 0.508 e. The van der Waals surface area contributed by atoms with Crippen LogP contribution in [0.1, 0.15) is 28.8 Å². The molecule has 0 aromatic heterocycles. The Labute approximate surface area is 158 Å². The number of aromatic hydroxyl groups is 1. The second-order valence-electron chi connectivity index (χ2n) is 7.07. The standard InChI is InChI=1S/C23H20N2O2/c1-25-22(15-8-4-2-5-9-15)20-21(24-25)18-14-17(26)12-13-19(18)27-23(20)16-10-6-3-7-11-16/h2-14,20,22-23,26H,1H3/t20-,22+,23-/m1/s1. The maximum Gasteiger partial charge on any atom is 0.135 e. The quantitative estimate of drug-likeness (QED) is 0.734. The van der Waals surface area contributed by atoms with Gasteiger partial charge in [-0.15, -0.1) is 0 Å². The zero-order valence-electron chi connectivity index (χ0n) is 15.0. The van der Waals surface area contributed by atoms with E-state index in [1.165, 1.54) is 5.56 Å². The molecular weight excluding hydrogens is 336 g/mol. The highest BCUT2D eigenvalue weighted by molar-refractivity contribution is 6.07. The summed E-state index contributed by atoms with van der Waals surface area (Å²) in [5.41, 5.74) is 4.18. The van der Waals surface area contributed by atoms with Crippen LogP contribution in [0.2, 0.25) is 0 Å². The molecule has 0 spiro atoms. The Kier molecular flexibility index (Phi) is 3.64. The Morgan fingerprint density at radius 3 is 2.26 bits per heavy atom. The summed E-state index contributed by atoms with van der Waals surface area (Å²) in [7, 11) is 2.01. The van der Waals surface area contributed by atoms with Crippen molar-refractivity contribution in [2.45, 2.75) is 12.1 Å². The molecule has 3 atom stereocenters. The van der Waals surface area contributed by atoms with Gasteiger partial charge in [0.2, 0.25) is 0 Å². The highest BCUT2D eigenvalue weighted by atomic mass is 16.5. The molecule has 0 amide bonds. The van der Waals surface area contributed by atoms with Crippen LogP contribution >= 0.6 is 0 Å². The average molecular weight is 356 g/mol. The summed E-state index contributed by atoms with van der Waals surface area (Å²) in [6.07, 6.45) is -0.142. The second kappa shape index (κ2) is 6.16. The molecule has 4 heteroatoms. The maximum atomic E-state index is 10.0. The third kappa shape index (κ3) is 2.56. The third-order valence-electron chi connectivity index (χ3n) is 5.41. The lowest BCUT2D eigenvalue weighted by atomic mass is 9.79. The van der Waals surface area contributed by atoms with E-state index in [0.29, 0.717) is 0 Å². The van der Waals surface area contributed by atoms with Crippen molar-refractivity contribution in [3.05, 3.63) is 95.6 Å². The molecule has 1 N–H and O–H groups in total. The summed E-state index contributed by atoms with van der Waals surface area (Å²) < 4.78 is 6.47. The molecule has 3 aromatic carbocycles. The molecule has 2 aliphatic heterocycles. The van der Waals surface area contributed by atoms with Crippen molar-refractivity contribution in [1.29, 1.82) is 0 Å². The van der Waals surface area contributed by atoms with Crippen LogP contribution in [0.5, 0.6) is 11.5 Å². The number of phenolic OH excluding ortho intramolecular Hbond substituents is 1. The third-order valence-corrected chi connectivity index (χ3v) is 5.41. The van der Waals surface area contributed by atoms with Crippen LogP contribution in [0.25, 0.3) is 0 Å². The fraction of sp³-hybridized carbons (Fsp3) is 0.174. The molecule has 27 heavy (non-hydrogen) atoms. The monoisotopic (exact) mass is 356 g/mol. The number of hydrogen-bond acceptors (Lipinski definition) is 4. The topological polar surface area (TPSA) is 45.1 Å². The SMILES string of the molecule is CN1N=C2c3cc(O)ccc3O[C@H](c3ccccc3)[C@H]2[C@@H]1c1ccccc1. The van der Waals surface area contributed by atoms with Crippen molar-refractivity contribution in [3.63, 3.8) is 0 Å². The van der Waals surface area contributed by atoms with Gasteiger partial charge in [-0.2, -0.15) is 5.10 Å². The molecule has 0 unspecified atom stereocenters. The van der Waals surface area contributed by atoms with Gasteiger partial charge in [-0.3, -0.25) is 5.01 Å². The number of nitrogens with zero attached hydrogens (tertiary/aromatic N) is 2. The minimum atomic E-state index is -0.142. The van der Waals surface area contributed by atoms with Crippen molar-refractivity contribution in [2.75, 3.05) is 7.05 Å². The van der Waals surface area contributed by atoms with Gasteiger partial charge in [-0.1, -0.05) is 60.7 Å². The Bertz CT molecular complexity index is 1000. The molecule has 0 fully saturated rings. The van der Waals surface area contributed by atoms with E-state index in [4.69, 9.17) is 9.84 Å². The van der Waals surface area contributed by atoms with Gasteiger partial charge >= 0.3 is 0 Å². The van der Waals surface area contributed by atoms with E-state index in [2.05, 4.69) is 36.4 Å². The molecule has 0 bridgehead atoms. The van der Waals surface area contributed by atoms with Crippen LogP contribution in [0.4, 0.5) is 0 Å². The first-order valence-electron chi connectivity index (χ1n) is 9.13. The van der Waals surface area contributed by atoms with Crippen molar-refractivity contribution in [3.8, 4) is 11.5 Å². The molecule has 2 aliphatic rings. The van der Waals surface area contributed by atoms with Crippen LogP contribution in [0, 0.1) is 5.92 Å². The number of fused-ring (bicyclic) bond motifs is 3. The minimum absolute atomic E-state index is 0.0362. The highest BCUT2D eigenvalue weighted by Gasteiger charge is 2.47. The first-order chi connectivity index (χ1) is 13.2. The molecule has 0 saturated heterocycles. The Morgan fingerprint density at radius 2 is 1.56 bits per heavy atom. The van der Waals surface area contributed by atoms with Crippen LogP contribution in [-0.4, -0.2) is 22.9 Å². The predicted molar refractivity (Wildman–Crippen MR) is 105 cm³/mol. The Balaban J connectivity index is 1.69. The summed E-state index contributed by atoms with van der Waals surface area (Å²) in [5.74, 6) is 1.02. The number of benzene rings is 3. The van der Waals surface area contributed by atoms with E-state index in [1.54, 1.807) is 12.1 Å². The lowest BCUT2D eigenvalue weighted by molar-refractivity contribution is 0.113. The number of hydrogen-bond donors (Lipinski definition) is 1. The van der Waals surface area contributed by atoms with Gasteiger partial charge in [0.1, 0.15) is 17.6 Å². The maximum absolute atomic E-state index is 10.0. The average Bonchev–Trinajstić information content (AvgIpc) is 3.06. The molecule has 0 saturated carbocycles. The van der Waals surface area contributed by atoms with Crippen LogP contribution in [0.3, 0.4) is 0 Å². The van der Waals surface area contributed by atoms with E-state index >= 15 is 0 Å². The van der Waals surface area contributed by atoms with Crippen LogP contribution in [-0.2, 0) is 0 Å². The number of ether oxygens (including phenoxy) is 1. The lowest BCUT2D eigenvalue weighted by Crippen LogP contribution is -2.35. The highest BCUT2D eigenvalue weighted by Crippen LogP contribution is 2.50. The van der Waals surface area contributed by atoms with Crippen LogP contribution < -0.4 is 4.74 Å². The van der Waals surface area contributed by atoms with Crippen molar-refractivity contribution < 1.29 is 9.84 Å². The summed E-state index contributed by atoms with van der Waals surface area (Å²) >= 11 is 0. The van der Waals surface area contributed by atoms with Crippen molar-refractivity contribution >= 4 is 5.71 Å². The fourth-order valence-electron chi connectivity index (χ4n) is 4.25. The summed E-state index contributed by atoms with van der Waals surface area (Å²) in [4.78, 5) is 0. The second-order valence-corrected chi connectivity index (χ2v) is 7.07. The van der Waals surface area contributed by atoms with Gasteiger partial charge in [0.05, 0.1) is 17.7 Å². The number of rotatable bonds is 2. The first-order valence-corrected chi connectivity index (χ1v) is 9.13. The number of phenols is 1. The van der Waals surface area contributed by atoms with E-state index in [1.807, 2.05) is 42.4 Å². The predicted octanol–water partition coefficient (Wildman–Crippen LogP) is 4.53. The summed E-state index contributed by atoms with van der Waals surface area (Å²) in [6, 6.07) is 26.0. The molecule has 5 rings (SSSR count). The van der Waals surface area contributed by atoms with Gasteiger partial charge in [-0.25, -0.2) is 0 Å². The first kappa shape index (κ1) is 15.9. The molecule has 3 aromatic rings. The van der Waals surface area contributed by atoms with E-state index < -0.39 is 0 Å². The smallest absolute Gasteiger partial charge is 0.135 e. The molecule has 2 heterocycles. The van der Waals surface area contributed by atoms with Gasteiger partial charge < -0.3 is 9.84 Å². The normalized spacial score (nSPS) is 23.2. The Hall–Kier alpha value is -3.27. The van der Waals surface area contributed by atoms with Crippen molar-refractivity contribution in [2.24, 2.45) is 11.0 Å². The minimum Gasteiger partial charge on any atom is -0.508 e. The van der Waals surface area contributed by atoms with E-state index in [0.717, 1.165) is 22.6 Å². The molecule has 4 nitrogen and oxygen atoms in total. The lowest BCUT2D eigenvalue weighted by Gasteiger charge is -2.36. The van der Waals surface area contributed by atoms with Crippen LogP contribution in [0.15, 0.2) is 84.0 Å². The number of hydrazone groups is 1. The molecule has 134 valence electrons. The van der Waals surface area contributed by atoms with Crippen molar-refractivity contribution in [1.82, 2.24) is 5.01 Å². The zero-order valence-corrected chi connectivity index (χ0v) is 15.0. The van der Waals surface area contributed by atoms with E-state index in [-0.39, 0.29) is 23.8 Å². The van der Waals surface area contributed by atoms with Gasteiger partial charge in [0.25, 0.3) is 0 Å². The molecule has 0 aliphatic carbocycles. The Morgan fingerprint density at radius 1 is 0.889 bits per heavy atom. The fourth-order valence-corrected chi connectivity index (χ4v) is 4.25.